The fraction of sp³-hybridized carbons (Fsp3) is 0.273. The standard InChI is InChI=1S/C11H13NO3S/c1-7(11(14)15)16-6-8-4-2-3-5-9(8)10(12)13/h2-5,7H,6H2,1H3,(H2,12,13)(H,14,15). The molecule has 5 heteroatoms. The number of carbonyl (C=O) groups is 2. The second kappa shape index (κ2) is 5.55. The van der Waals surface area contributed by atoms with Crippen LogP contribution in [0.3, 0.4) is 0 Å². The maximum Gasteiger partial charge on any atom is 0.316 e. The molecule has 0 radical (unpaired) electrons. The summed E-state index contributed by atoms with van der Waals surface area (Å²) in [5.41, 5.74) is 6.44. The van der Waals surface area contributed by atoms with E-state index in [0.717, 1.165) is 5.56 Å². The lowest BCUT2D eigenvalue weighted by Crippen LogP contribution is -2.15. The van der Waals surface area contributed by atoms with E-state index in [1.807, 2.05) is 0 Å². The molecule has 0 aliphatic rings. The van der Waals surface area contributed by atoms with Gasteiger partial charge in [-0.15, -0.1) is 11.8 Å². The summed E-state index contributed by atoms with van der Waals surface area (Å²) in [7, 11) is 0. The van der Waals surface area contributed by atoms with E-state index < -0.39 is 17.1 Å². The summed E-state index contributed by atoms with van der Waals surface area (Å²) in [6.07, 6.45) is 0. The van der Waals surface area contributed by atoms with E-state index in [0.29, 0.717) is 11.3 Å². The van der Waals surface area contributed by atoms with Crippen molar-refractivity contribution in [1.82, 2.24) is 0 Å². The van der Waals surface area contributed by atoms with Crippen LogP contribution in [0, 0.1) is 0 Å². The van der Waals surface area contributed by atoms with E-state index in [9.17, 15) is 9.59 Å². The lowest BCUT2D eigenvalue weighted by molar-refractivity contribution is -0.136. The van der Waals surface area contributed by atoms with Crippen LogP contribution in [0.5, 0.6) is 0 Å². The molecule has 0 aliphatic heterocycles. The van der Waals surface area contributed by atoms with Crippen LogP contribution < -0.4 is 5.73 Å². The fourth-order valence-electron chi connectivity index (χ4n) is 1.17. The Morgan fingerprint density at radius 1 is 1.44 bits per heavy atom. The number of carbonyl (C=O) groups excluding carboxylic acids is 1. The molecule has 1 aromatic rings. The molecule has 86 valence electrons. The van der Waals surface area contributed by atoms with Crippen molar-refractivity contribution in [2.75, 3.05) is 0 Å². The van der Waals surface area contributed by atoms with Gasteiger partial charge in [0, 0.05) is 11.3 Å². The highest BCUT2D eigenvalue weighted by Crippen LogP contribution is 2.20. The van der Waals surface area contributed by atoms with Crippen LogP contribution in [0.1, 0.15) is 22.8 Å². The number of nitrogens with two attached hydrogens (primary N) is 1. The minimum Gasteiger partial charge on any atom is -0.480 e. The first-order valence-corrected chi connectivity index (χ1v) is 5.79. The summed E-state index contributed by atoms with van der Waals surface area (Å²) >= 11 is 1.26. The number of amides is 1. The highest BCUT2D eigenvalue weighted by atomic mass is 32.2. The third-order valence-electron chi connectivity index (χ3n) is 2.12. The van der Waals surface area contributed by atoms with Gasteiger partial charge in [0.25, 0.3) is 0 Å². The van der Waals surface area contributed by atoms with E-state index in [1.54, 1.807) is 31.2 Å². The lowest BCUT2D eigenvalue weighted by Gasteiger charge is -2.08. The number of rotatable bonds is 5. The van der Waals surface area contributed by atoms with Crippen LogP contribution >= 0.6 is 11.8 Å². The van der Waals surface area contributed by atoms with Crippen LogP contribution in [-0.2, 0) is 10.5 Å². The molecule has 0 heterocycles. The number of benzene rings is 1. The van der Waals surface area contributed by atoms with Crippen molar-refractivity contribution >= 4 is 23.6 Å². The molecule has 0 saturated heterocycles. The van der Waals surface area contributed by atoms with E-state index >= 15 is 0 Å². The second-order valence-corrected chi connectivity index (χ2v) is 4.64. The summed E-state index contributed by atoms with van der Waals surface area (Å²) < 4.78 is 0. The van der Waals surface area contributed by atoms with Crippen LogP contribution in [-0.4, -0.2) is 22.2 Å². The van der Waals surface area contributed by atoms with Gasteiger partial charge in [0.05, 0.1) is 5.25 Å². The van der Waals surface area contributed by atoms with Crippen molar-refractivity contribution in [3.8, 4) is 0 Å². The van der Waals surface area contributed by atoms with Crippen molar-refractivity contribution in [3.63, 3.8) is 0 Å². The zero-order valence-electron chi connectivity index (χ0n) is 8.84. The van der Waals surface area contributed by atoms with Gasteiger partial charge in [-0.2, -0.15) is 0 Å². The molecule has 0 spiro atoms. The molecule has 1 amide bonds. The quantitative estimate of drug-likeness (QED) is 0.815. The molecule has 0 saturated carbocycles. The third-order valence-corrected chi connectivity index (χ3v) is 3.30. The largest absolute Gasteiger partial charge is 0.480 e. The van der Waals surface area contributed by atoms with Gasteiger partial charge in [-0.25, -0.2) is 0 Å². The van der Waals surface area contributed by atoms with Gasteiger partial charge in [0.1, 0.15) is 0 Å². The highest BCUT2D eigenvalue weighted by molar-refractivity contribution is 7.99. The molecule has 1 atom stereocenters. The van der Waals surface area contributed by atoms with E-state index in [1.165, 1.54) is 11.8 Å². The third kappa shape index (κ3) is 3.27. The van der Waals surface area contributed by atoms with E-state index in [2.05, 4.69) is 0 Å². The average Bonchev–Trinajstić information content (AvgIpc) is 2.25. The lowest BCUT2D eigenvalue weighted by atomic mass is 10.1. The Bertz CT molecular complexity index is 406. The first kappa shape index (κ1) is 12.6. The molecule has 0 aliphatic carbocycles. The van der Waals surface area contributed by atoms with Gasteiger partial charge in [0.15, 0.2) is 0 Å². The molecule has 1 unspecified atom stereocenters. The van der Waals surface area contributed by atoms with Gasteiger partial charge in [0.2, 0.25) is 5.91 Å². The molecule has 1 rings (SSSR count). The molecular weight excluding hydrogens is 226 g/mol. The highest BCUT2D eigenvalue weighted by Gasteiger charge is 2.13. The van der Waals surface area contributed by atoms with Crippen molar-refractivity contribution in [2.45, 2.75) is 17.9 Å². The predicted octanol–water partition coefficient (Wildman–Crippen LogP) is 1.49. The van der Waals surface area contributed by atoms with Gasteiger partial charge < -0.3 is 10.8 Å². The van der Waals surface area contributed by atoms with Crippen molar-refractivity contribution in [2.24, 2.45) is 5.73 Å². The van der Waals surface area contributed by atoms with Crippen molar-refractivity contribution in [3.05, 3.63) is 35.4 Å². The second-order valence-electron chi connectivity index (χ2n) is 3.31. The molecule has 0 bridgehead atoms. The Balaban J connectivity index is 2.74. The number of hydrogen-bond donors (Lipinski definition) is 2. The number of carboxylic acid groups (broad SMARTS) is 1. The Labute approximate surface area is 97.8 Å². The molecular formula is C11H13NO3S. The first-order valence-electron chi connectivity index (χ1n) is 4.74. The number of thioether (sulfide) groups is 1. The van der Waals surface area contributed by atoms with Crippen LogP contribution in [0.2, 0.25) is 0 Å². The monoisotopic (exact) mass is 239 g/mol. The number of carboxylic acids is 1. The maximum atomic E-state index is 11.1. The molecule has 1 aromatic carbocycles. The number of aliphatic carboxylic acids is 1. The van der Waals surface area contributed by atoms with E-state index in [-0.39, 0.29) is 0 Å². The zero-order chi connectivity index (χ0) is 12.1. The summed E-state index contributed by atoms with van der Waals surface area (Å²) in [6, 6.07) is 6.95. The Morgan fingerprint density at radius 2 is 2.06 bits per heavy atom. The van der Waals surface area contributed by atoms with Crippen LogP contribution in [0.4, 0.5) is 0 Å². The van der Waals surface area contributed by atoms with E-state index in [4.69, 9.17) is 10.8 Å². The summed E-state index contributed by atoms with van der Waals surface area (Å²) in [5.74, 6) is -0.882. The van der Waals surface area contributed by atoms with Crippen molar-refractivity contribution in [1.29, 1.82) is 0 Å². The predicted molar refractivity (Wildman–Crippen MR) is 63.4 cm³/mol. The fourth-order valence-corrected chi connectivity index (χ4v) is 2.00. The van der Waals surface area contributed by atoms with Crippen molar-refractivity contribution < 1.29 is 14.7 Å². The normalized spacial score (nSPS) is 12.1. The minimum absolute atomic E-state index is 0.451. The van der Waals surface area contributed by atoms with Gasteiger partial charge in [-0.05, 0) is 18.6 Å². The number of hydrogen-bond acceptors (Lipinski definition) is 3. The van der Waals surface area contributed by atoms with Gasteiger partial charge in [-0.3, -0.25) is 9.59 Å². The topological polar surface area (TPSA) is 80.4 Å². The summed E-state index contributed by atoms with van der Waals surface area (Å²) in [5, 5.41) is 8.23. The Morgan fingerprint density at radius 3 is 2.62 bits per heavy atom. The smallest absolute Gasteiger partial charge is 0.316 e. The molecule has 0 fully saturated rings. The molecule has 4 nitrogen and oxygen atoms in total. The Hall–Kier alpha value is -1.49. The van der Waals surface area contributed by atoms with Gasteiger partial charge in [-0.1, -0.05) is 18.2 Å². The summed E-state index contributed by atoms with van der Waals surface area (Å²) in [6.45, 7) is 1.61. The molecule has 0 aromatic heterocycles. The number of primary amides is 1. The molecule has 3 N–H and O–H groups in total. The molecule has 16 heavy (non-hydrogen) atoms. The zero-order valence-corrected chi connectivity index (χ0v) is 9.66. The van der Waals surface area contributed by atoms with Crippen LogP contribution in [0.15, 0.2) is 24.3 Å². The Kier molecular flexibility index (Phi) is 4.37. The average molecular weight is 239 g/mol. The minimum atomic E-state index is -0.860. The summed E-state index contributed by atoms with van der Waals surface area (Å²) in [4.78, 5) is 21.7. The SMILES string of the molecule is CC(SCc1ccccc1C(N)=O)C(=O)O. The van der Waals surface area contributed by atoms with Crippen LogP contribution in [0.25, 0.3) is 0 Å². The maximum absolute atomic E-state index is 11.1. The van der Waals surface area contributed by atoms with Gasteiger partial charge >= 0.3 is 5.97 Å². The first-order chi connectivity index (χ1) is 7.52.